The second-order valence-electron chi connectivity index (χ2n) is 6.23. The van der Waals surface area contributed by atoms with Crippen LogP contribution in [-0.4, -0.2) is 28.5 Å². The van der Waals surface area contributed by atoms with Crippen molar-refractivity contribution in [3.8, 4) is 0 Å². The molecule has 1 saturated carbocycles. The van der Waals surface area contributed by atoms with E-state index in [0.717, 1.165) is 16.6 Å². The van der Waals surface area contributed by atoms with Crippen LogP contribution in [0.4, 0.5) is 0 Å². The number of fused-ring (bicyclic) bond motifs is 1. The van der Waals surface area contributed by atoms with Gasteiger partial charge in [0.2, 0.25) is 5.91 Å². The molecule has 3 rings (SSSR count). The average molecular weight is 312 g/mol. The van der Waals surface area contributed by atoms with E-state index >= 15 is 0 Å². The fourth-order valence-corrected chi connectivity index (χ4v) is 3.42. The van der Waals surface area contributed by atoms with Crippen molar-refractivity contribution in [2.45, 2.75) is 38.1 Å². The Morgan fingerprint density at radius 2 is 2.26 bits per heavy atom. The Balaban J connectivity index is 1.63. The molecule has 1 fully saturated rings. The number of aromatic amines is 1. The van der Waals surface area contributed by atoms with Crippen LogP contribution in [0.1, 0.15) is 37.7 Å². The summed E-state index contributed by atoms with van der Waals surface area (Å²) in [6.07, 6.45) is 13.1. The number of H-pyrrole nitrogens is 1. The molecule has 1 aliphatic carbocycles. The summed E-state index contributed by atoms with van der Waals surface area (Å²) in [7, 11) is 0. The molecule has 0 aliphatic heterocycles. The second kappa shape index (κ2) is 7.42. The molecular weight excluding hydrogens is 288 g/mol. The summed E-state index contributed by atoms with van der Waals surface area (Å²) in [5, 5.41) is 4.08. The Morgan fingerprint density at radius 1 is 1.43 bits per heavy atom. The molecule has 0 radical (unpaired) electrons. The SMILES string of the molecule is NC[C@@H](NC(=O)/C=C/c1c[nH]c2ncccc12)C1CCCCC1. The average Bonchev–Trinajstić information content (AvgIpc) is 3.02. The van der Waals surface area contributed by atoms with E-state index in [1.54, 1.807) is 12.3 Å². The number of nitrogens with two attached hydrogens (primary N) is 1. The highest BCUT2D eigenvalue weighted by molar-refractivity contribution is 5.95. The van der Waals surface area contributed by atoms with Gasteiger partial charge in [-0.15, -0.1) is 0 Å². The van der Waals surface area contributed by atoms with Gasteiger partial charge in [0.15, 0.2) is 0 Å². The van der Waals surface area contributed by atoms with Crippen molar-refractivity contribution in [1.82, 2.24) is 15.3 Å². The van der Waals surface area contributed by atoms with E-state index in [1.807, 2.05) is 24.4 Å². The van der Waals surface area contributed by atoms with Crippen molar-refractivity contribution in [2.24, 2.45) is 11.7 Å². The smallest absolute Gasteiger partial charge is 0.244 e. The lowest BCUT2D eigenvalue weighted by atomic mass is 9.84. The minimum Gasteiger partial charge on any atom is -0.348 e. The van der Waals surface area contributed by atoms with Crippen LogP contribution in [0.3, 0.4) is 0 Å². The molecule has 2 aromatic heterocycles. The molecule has 0 bridgehead atoms. The van der Waals surface area contributed by atoms with Gasteiger partial charge in [-0.1, -0.05) is 19.3 Å². The largest absolute Gasteiger partial charge is 0.348 e. The summed E-state index contributed by atoms with van der Waals surface area (Å²) in [5.41, 5.74) is 7.66. The van der Waals surface area contributed by atoms with Gasteiger partial charge in [0.25, 0.3) is 0 Å². The van der Waals surface area contributed by atoms with E-state index < -0.39 is 0 Å². The number of rotatable bonds is 5. The van der Waals surface area contributed by atoms with Crippen LogP contribution in [0, 0.1) is 5.92 Å². The van der Waals surface area contributed by atoms with Crippen LogP contribution in [0.5, 0.6) is 0 Å². The highest BCUT2D eigenvalue weighted by Crippen LogP contribution is 2.26. The lowest BCUT2D eigenvalue weighted by Gasteiger charge is -2.29. The second-order valence-corrected chi connectivity index (χ2v) is 6.23. The Hall–Kier alpha value is -2.14. The fraction of sp³-hybridized carbons (Fsp3) is 0.444. The molecule has 0 spiro atoms. The molecular formula is C18H24N4O. The summed E-state index contributed by atoms with van der Waals surface area (Å²) < 4.78 is 0. The van der Waals surface area contributed by atoms with E-state index in [-0.39, 0.29) is 11.9 Å². The first kappa shape index (κ1) is 15.7. The number of amides is 1. The van der Waals surface area contributed by atoms with E-state index in [1.165, 1.54) is 32.1 Å². The number of carbonyl (C=O) groups excluding carboxylic acids is 1. The summed E-state index contributed by atoms with van der Waals surface area (Å²) in [6, 6.07) is 3.96. The van der Waals surface area contributed by atoms with Gasteiger partial charge in [-0.2, -0.15) is 0 Å². The lowest BCUT2D eigenvalue weighted by Crippen LogP contribution is -2.45. The molecule has 0 aromatic carbocycles. The predicted molar refractivity (Wildman–Crippen MR) is 92.7 cm³/mol. The van der Waals surface area contributed by atoms with Crippen molar-refractivity contribution in [3.63, 3.8) is 0 Å². The third kappa shape index (κ3) is 3.79. The maximum absolute atomic E-state index is 12.2. The van der Waals surface area contributed by atoms with Gasteiger partial charge in [-0.3, -0.25) is 4.79 Å². The van der Waals surface area contributed by atoms with Crippen LogP contribution in [-0.2, 0) is 4.79 Å². The first-order valence-electron chi connectivity index (χ1n) is 8.38. The quantitative estimate of drug-likeness (QED) is 0.742. The molecule has 4 N–H and O–H groups in total. The van der Waals surface area contributed by atoms with Gasteiger partial charge >= 0.3 is 0 Å². The van der Waals surface area contributed by atoms with Crippen LogP contribution >= 0.6 is 0 Å². The zero-order valence-electron chi connectivity index (χ0n) is 13.3. The van der Waals surface area contributed by atoms with Crippen molar-refractivity contribution in [2.75, 3.05) is 6.54 Å². The maximum Gasteiger partial charge on any atom is 0.244 e. The number of nitrogens with one attached hydrogen (secondary N) is 2. The van der Waals surface area contributed by atoms with Crippen molar-refractivity contribution >= 4 is 23.0 Å². The predicted octanol–water partition coefficient (Wildman–Crippen LogP) is 2.60. The van der Waals surface area contributed by atoms with Gasteiger partial charge in [0.1, 0.15) is 5.65 Å². The number of aromatic nitrogens is 2. The molecule has 2 aromatic rings. The van der Waals surface area contributed by atoms with Crippen LogP contribution in [0.2, 0.25) is 0 Å². The molecule has 1 aliphatic rings. The third-order valence-electron chi connectivity index (χ3n) is 4.70. The Morgan fingerprint density at radius 3 is 3.04 bits per heavy atom. The molecule has 122 valence electrons. The topological polar surface area (TPSA) is 83.8 Å². The highest BCUT2D eigenvalue weighted by atomic mass is 16.1. The number of carbonyl (C=O) groups is 1. The van der Waals surface area contributed by atoms with Gasteiger partial charge in [0, 0.05) is 42.0 Å². The van der Waals surface area contributed by atoms with Crippen molar-refractivity contribution < 1.29 is 4.79 Å². The fourth-order valence-electron chi connectivity index (χ4n) is 3.42. The van der Waals surface area contributed by atoms with Gasteiger partial charge < -0.3 is 16.0 Å². The summed E-state index contributed by atoms with van der Waals surface area (Å²) >= 11 is 0. The van der Waals surface area contributed by atoms with Gasteiger partial charge in [-0.05, 0) is 37.0 Å². The molecule has 0 saturated heterocycles. The number of nitrogens with zero attached hydrogens (tertiary/aromatic N) is 1. The highest BCUT2D eigenvalue weighted by Gasteiger charge is 2.23. The molecule has 23 heavy (non-hydrogen) atoms. The first-order chi connectivity index (χ1) is 11.3. The Kier molecular flexibility index (Phi) is 5.08. The molecule has 1 amide bonds. The zero-order chi connectivity index (χ0) is 16.1. The van der Waals surface area contributed by atoms with Crippen LogP contribution in [0.25, 0.3) is 17.1 Å². The zero-order valence-corrected chi connectivity index (χ0v) is 13.3. The molecule has 0 unspecified atom stereocenters. The van der Waals surface area contributed by atoms with Crippen LogP contribution in [0.15, 0.2) is 30.6 Å². The number of pyridine rings is 1. The maximum atomic E-state index is 12.2. The van der Waals surface area contributed by atoms with Crippen LogP contribution < -0.4 is 11.1 Å². The summed E-state index contributed by atoms with van der Waals surface area (Å²) in [4.78, 5) is 19.6. The van der Waals surface area contributed by atoms with E-state index in [9.17, 15) is 4.79 Å². The summed E-state index contributed by atoms with van der Waals surface area (Å²) in [6.45, 7) is 0.501. The minimum atomic E-state index is -0.0794. The monoisotopic (exact) mass is 312 g/mol. The van der Waals surface area contributed by atoms with Gasteiger partial charge in [0.05, 0.1) is 0 Å². The van der Waals surface area contributed by atoms with E-state index in [0.29, 0.717) is 12.5 Å². The normalized spacial score (nSPS) is 17.6. The third-order valence-corrected chi connectivity index (χ3v) is 4.70. The molecule has 5 nitrogen and oxygen atoms in total. The standard InChI is InChI=1S/C18H24N4O/c19-11-16(13-5-2-1-3-6-13)22-17(23)9-8-14-12-21-18-15(14)7-4-10-20-18/h4,7-10,12-13,16H,1-3,5-6,11,19H2,(H,20,21)(H,22,23)/b9-8+/t16-/m1/s1. The lowest BCUT2D eigenvalue weighted by molar-refractivity contribution is -0.117. The van der Waals surface area contributed by atoms with E-state index in [4.69, 9.17) is 5.73 Å². The molecule has 1 atom stereocenters. The Labute approximate surface area is 136 Å². The Bertz CT molecular complexity index is 685. The van der Waals surface area contributed by atoms with E-state index in [2.05, 4.69) is 15.3 Å². The number of hydrogen-bond donors (Lipinski definition) is 3. The minimum absolute atomic E-state index is 0.0794. The van der Waals surface area contributed by atoms with Crippen molar-refractivity contribution in [1.29, 1.82) is 0 Å². The summed E-state index contributed by atoms with van der Waals surface area (Å²) in [5.74, 6) is 0.438. The van der Waals surface area contributed by atoms with Crippen molar-refractivity contribution in [3.05, 3.63) is 36.2 Å². The first-order valence-corrected chi connectivity index (χ1v) is 8.38. The number of hydrogen-bond acceptors (Lipinski definition) is 3. The molecule has 5 heteroatoms. The molecule has 2 heterocycles. The van der Waals surface area contributed by atoms with Gasteiger partial charge in [-0.25, -0.2) is 4.98 Å².